The van der Waals surface area contributed by atoms with Gasteiger partial charge in [0.25, 0.3) is 10.0 Å². The minimum absolute atomic E-state index is 0.0340. The van der Waals surface area contributed by atoms with Gasteiger partial charge in [-0.2, -0.15) is 13.2 Å². The maximum atomic E-state index is 14.3. The van der Waals surface area contributed by atoms with E-state index in [0.717, 1.165) is 28.6 Å². The Balaban J connectivity index is 2.07. The summed E-state index contributed by atoms with van der Waals surface area (Å²) in [5.41, 5.74) is -0.466. The van der Waals surface area contributed by atoms with Crippen molar-refractivity contribution in [1.82, 2.24) is 0 Å². The van der Waals surface area contributed by atoms with Crippen molar-refractivity contribution in [3.05, 3.63) is 95.3 Å². The molecule has 33 heavy (non-hydrogen) atoms. The van der Waals surface area contributed by atoms with Crippen LogP contribution in [-0.2, 0) is 38.7 Å². The molecular weight excluding hydrogens is 462 g/mol. The number of sulfonamides is 1. The second kappa shape index (κ2) is 9.62. The van der Waals surface area contributed by atoms with Gasteiger partial charge >= 0.3 is 12.1 Å². The molecule has 3 aromatic rings. The number of nitrogens with zero attached hydrogens (tertiary/aromatic N) is 1. The smallest absolute Gasteiger partial charge is 0.416 e. The maximum Gasteiger partial charge on any atom is 0.416 e. The Hall–Kier alpha value is -3.40. The van der Waals surface area contributed by atoms with Crippen LogP contribution < -0.4 is 4.31 Å². The molecule has 0 radical (unpaired) electrons. The molecule has 0 aliphatic carbocycles. The van der Waals surface area contributed by atoms with E-state index in [1.807, 2.05) is 0 Å². The Labute approximate surface area is 188 Å². The lowest BCUT2D eigenvalue weighted by Crippen LogP contribution is -2.31. The zero-order valence-electron chi connectivity index (χ0n) is 17.3. The van der Waals surface area contributed by atoms with Gasteiger partial charge in [-0.05, 0) is 42.0 Å². The Morgan fingerprint density at radius 3 is 2.24 bits per heavy atom. The highest BCUT2D eigenvalue weighted by Gasteiger charge is 2.33. The van der Waals surface area contributed by atoms with E-state index in [1.165, 1.54) is 49.6 Å². The zero-order valence-corrected chi connectivity index (χ0v) is 18.2. The molecule has 0 bridgehead atoms. The van der Waals surface area contributed by atoms with E-state index in [1.54, 1.807) is 0 Å². The number of alkyl halides is 3. The van der Waals surface area contributed by atoms with Gasteiger partial charge in [0.2, 0.25) is 0 Å². The fraction of sp³-hybridized carbons (Fsp3) is 0.174. The Bertz CT molecular complexity index is 1240. The molecule has 0 heterocycles. The van der Waals surface area contributed by atoms with Crippen molar-refractivity contribution in [3.8, 4) is 0 Å². The van der Waals surface area contributed by atoms with Crippen LogP contribution in [0.2, 0.25) is 0 Å². The summed E-state index contributed by atoms with van der Waals surface area (Å²) in [6.07, 6.45) is -4.79. The van der Waals surface area contributed by atoms with Crippen LogP contribution in [0.15, 0.2) is 77.7 Å². The number of carbonyl (C=O) groups excluding carboxylic acids is 1. The predicted molar refractivity (Wildman–Crippen MR) is 113 cm³/mol. The first kappa shape index (κ1) is 24.2. The lowest BCUT2D eigenvalue weighted by molar-refractivity contribution is -0.140. The SMILES string of the molecule is COC(=O)Cc1ccc(N(Cc2ccccc2F)S(=O)(=O)c2cccc(C(F)(F)F)c2)cc1. The summed E-state index contributed by atoms with van der Waals surface area (Å²) in [6, 6.07) is 14.6. The van der Waals surface area contributed by atoms with Crippen molar-refractivity contribution in [2.45, 2.75) is 24.0 Å². The number of hydrogen-bond acceptors (Lipinski definition) is 4. The number of ether oxygens (including phenoxy) is 1. The molecule has 0 spiro atoms. The molecule has 0 saturated heterocycles. The average molecular weight is 481 g/mol. The van der Waals surface area contributed by atoms with Crippen molar-refractivity contribution >= 4 is 21.7 Å². The largest absolute Gasteiger partial charge is 0.469 e. The van der Waals surface area contributed by atoms with Crippen molar-refractivity contribution in [3.63, 3.8) is 0 Å². The molecule has 0 unspecified atom stereocenters. The molecule has 0 N–H and O–H groups in total. The average Bonchev–Trinajstić information content (AvgIpc) is 2.78. The summed E-state index contributed by atoms with van der Waals surface area (Å²) in [6.45, 7) is -0.457. The second-order valence-electron chi connectivity index (χ2n) is 7.05. The first-order chi connectivity index (χ1) is 15.5. The molecule has 0 atom stereocenters. The number of rotatable bonds is 7. The molecule has 5 nitrogen and oxygen atoms in total. The molecule has 0 aromatic heterocycles. The summed E-state index contributed by atoms with van der Waals surface area (Å²) in [4.78, 5) is 10.9. The van der Waals surface area contributed by atoms with Gasteiger partial charge in [0.15, 0.2) is 0 Å². The Kier molecular flexibility index (Phi) is 7.06. The van der Waals surface area contributed by atoms with E-state index in [4.69, 9.17) is 0 Å². The lowest BCUT2D eigenvalue weighted by Gasteiger charge is -2.25. The third-order valence-corrected chi connectivity index (χ3v) is 6.59. The normalized spacial score (nSPS) is 11.8. The van der Waals surface area contributed by atoms with Gasteiger partial charge in [0.05, 0.1) is 36.2 Å². The molecule has 0 aliphatic heterocycles. The lowest BCUT2D eigenvalue weighted by atomic mass is 10.1. The van der Waals surface area contributed by atoms with Crippen LogP contribution in [0.5, 0.6) is 0 Å². The van der Waals surface area contributed by atoms with Crippen LogP contribution in [0.4, 0.5) is 23.2 Å². The number of anilines is 1. The number of carbonyl (C=O) groups is 1. The first-order valence-corrected chi connectivity index (χ1v) is 11.1. The van der Waals surface area contributed by atoms with Crippen molar-refractivity contribution in [1.29, 1.82) is 0 Å². The molecule has 3 aromatic carbocycles. The summed E-state index contributed by atoms with van der Waals surface area (Å²) < 4.78 is 86.0. The van der Waals surface area contributed by atoms with Gasteiger partial charge in [-0.1, -0.05) is 36.4 Å². The van der Waals surface area contributed by atoms with E-state index in [9.17, 15) is 30.8 Å². The Morgan fingerprint density at radius 2 is 1.64 bits per heavy atom. The Morgan fingerprint density at radius 1 is 0.970 bits per heavy atom. The summed E-state index contributed by atoms with van der Waals surface area (Å²) in [5, 5.41) is 0. The molecule has 10 heteroatoms. The highest BCUT2D eigenvalue weighted by molar-refractivity contribution is 7.92. The number of methoxy groups -OCH3 is 1. The van der Waals surface area contributed by atoms with E-state index < -0.39 is 45.0 Å². The highest BCUT2D eigenvalue weighted by atomic mass is 32.2. The molecule has 0 fully saturated rings. The van der Waals surface area contributed by atoms with E-state index in [2.05, 4.69) is 4.74 Å². The second-order valence-corrected chi connectivity index (χ2v) is 8.91. The van der Waals surface area contributed by atoms with Gasteiger partial charge in [0.1, 0.15) is 5.82 Å². The summed E-state index contributed by atoms with van der Waals surface area (Å²) in [5.74, 6) is -1.16. The third kappa shape index (κ3) is 5.70. The van der Waals surface area contributed by atoms with Crippen molar-refractivity contribution in [2.24, 2.45) is 0 Å². The van der Waals surface area contributed by atoms with Gasteiger partial charge in [-0.25, -0.2) is 12.8 Å². The molecule has 3 rings (SSSR count). The quantitative estimate of drug-likeness (QED) is 0.354. The summed E-state index contributed by atoms with van der Waals surface area (Å²) >= 11 is 0. The van der Waals surface area contributed by atoms with Crippen LogP contribution in [0.3, 0.4) is 0 Å². The molecule has 174 valence electrons. The molecule has 0 saturated carbocycles. The standard InChI is InChI=1S/C23H19F4NO4S/c1-32-22(29)13-16-9-11-19(12-10-16)28(15-17-5-2-3-8-21(17)24)33(30,31)20-7-4-6-18(14-20)23(25,26)27/h2-12,14H,13,15H2,1H3. The zero-order chi connectivity index (χ0) is 24.2. The topological polar surface area (TPSA) is 63.7 Å². The fourth-order valence-corrected chi connectivity index (χ4v) is 4.56. The number of halogens is 4. The van der Waals surface area contributed by atoms with Crippen LogP contribution in [0.25, 0.3) is 0 Å². The van der Waals surface area contributed by atoms with Gasteiger partial charge in [-0.15, -0.1) is 0 Å². The number of hydrogen-bond donors (Lipinski definition) is 0. The van der Waals surface area contributed by atoms with E-state index in [0.29, 0.717) is 11.6 Å². The fourth-order valence-electron chi connectivity index (χ4n) is 3.08. The van der Waals surface area contributed by atoms with Crippen molar-refractivity contribution in [2.75, 3.05) is 11.4 Å². The third-order valence-electron chi connectivity index (χ3n) is 4.82. The predicted octanol–water partition coefficient (Wildman–Crippen LogP) is 4.96. The van der Waals surface area contributed by atoms with Crippen LogP contribution in [0, 0.1) is 5.82 Å². The molecule has 0 amide bonds. The number of esters is 1. The minimum atomic E-state index is -4.74. The minimum Gasteiger partial charge on any atom is -0.469 e. The number of benzene rings is 3. The van der Waals surface area contributed by atoms with Gasteiger partial charge < -0.3 is 4.74 Å². The van der Waals surface area contributed by atoms with Crippen molar-refractivity contribution < 1.29 is 35.5 Å². The monoisotopic (exact) mass is 481 g/mol. The molecular formula is C23H19F4NO4S. The van der Waals surface area contributed by atoms with E-state index in [-0.39, 0.29) is 17.7 Å². The van der Waals surface area contributed by atoms with Crippen LogP contribution in [-0.4, -0.2) is 21.5 Å². The van der Waals surface area contributed by atoms with Crippen LogP contribution >= 0.6 is 0 Å². The van der Waals surface area contributed by atoms with E-state index >= 15 is 0 Å². The maximum absolute atomic E-state index is 14.3. The first-order valence-electron chi connectivity index (χ1n) is 9.61. The summed E-state index contributed by atoms with van der Waals surface area (Å²) in [7, 11) is -3.29. The van der Waals surface area contributed by atoms with Gasteiger partial charge in [-0.3, -0.25) is 9.10 Å². The van der Waals surface area contributed by atoms with Crippen LogP contribution in [0.1, 0.15) is 16.7 Å². The van der Waals surface area contributed by atoms with Gasteiger partial charge in [0, 0.05) is 5.56 Å². The molecule has 0 aliphatic rings. The highest BCUT2D eigenvalue weighted by Crippen LogP contribution is 2.33.